The summed E-state index contributed by atoms with van der Waals surface area (Å²) < 4.78 is 1.67. The van der Waals surface area contributed by atoms with Gasteiger partial charge in [0.2, 0.25) is 11.3 Å². The van der Waals surface area contributed by atoms with E-state index in [-0.39, 0.29) is 17.8 Å². The topological polar surface area (TPSA) is 67.2 Å². The molecule has 1 amide bonds. The fraction of sp³-hybridized carbons (Fsp3) is 0.211. The fourth-order valence-corrected chi connectivity index (χ4v) is 3.07. The monoisotopic (exact) mass is 370 g/mol. The molecule has 0 unspecified atom stereocenters. The SMILES string of the molecule is CN(C)c1ccc(NC(=O)CCn2ncc(=O)c3ccccc32)cc1Cl. The van der Waals surface area contributed by atoms with Gasteiger partial charge in [-0.25, -0.2) is 0 Å². The van der Waals surface area contributed by atoms with Crippen molar-refractivity contribution in [2.24, 2.45) is 0 Å². The number of fused-ring (bicyclic) bond motifs is 1. The number of aryl methyl sites for hydroxylation is 1. The molecule has 0 aliphatic carbocycles. The van der Waals surface area contributed by atoms with Crippen LogP contribution in [0.2, 0.25) is 5.02 Å². The van der Waals surface area contributed by atoms with Crippen LogP contribution in [-0.2, 0) is 11.3 Å². The van der Waals surface area contributed by atoms with E-state index in [1.165, 1.54) is 6.20 Å². The normalized spacial score (nSPS) is 10.7. The summed E-state index contributed by atoms with van der Waals surface area (Å²) in [6.45, 7) is 0.371. The molecule has 0 aliphatic rings. The number of hydrogen-bond acceptors (Lipinski definition) is 4. The van der Waals surface area contributed by atoms with Crippen molar-refractivity contribution in [1.29, 1.82) is 0 Å². The van der Waals surface area contributed by atoms with E-state index >= 15 is 0 Å². The van der Waals surface area contributed by atoms with Crippen LogP contribution in [0.3, 0.4) is 0 Å². The van der Waals surface area contributed by atoms with Crippen LogP contribution in [0, 0.1) is 0 Å². The van der Waals surface area contributed by atoms with E-state index in [9.17, 15) is 9.59 Å². The number of amides is 1. The summed E-state index contributed by atoms with van der Waals surface area (Å²) in [5.74, 6) is -0.150. The molecule has 6 nitrogen and oxygen atoms in total. The standard InChI is InChI=1S/C19H19ClN4O2/c1-23(2)17-8-7-13(11-15(17)20)22-19(26)9-10-24-16-6-4-3-5-14(16)18(25)12-21-24/h3-8,11-12H,9-10H2,1-2H3,(H,22,26). The van der Waals surface area contributed by atoms with Crippen LogP contribution in [0.15, 0.2) is 53.5 Å². The summed E-state index contributed by atoms with van der Waals surface area (Å²) in [5, 5.41) is 8.12. The van der Waals surface area contributed by atoms with Gasteiger partial charge in [0.25, 0.3) is 0 Å². The van der Waals surface area contributed by atoms with Gasteiger partial charge in [-0.05, 0) is 30.3 Å². The Bertz CT molecular complexity index is 1010. The van der Waals surface area contributed by atoms with Gasteiger partial charge in [-0.1, -0.05) is 23.7 Å². The summed E-state index contributed by atoms with van der Waals surface area (Å²) in [6.07, 6.45) is 1.51. The van der Waals surface area contributed by atoms with E-state index in [2.05, 4.69) is 10.4 Å². The molecule has 1 N–H and O–H groups in total. The molecule has 0 spiro atoms. The van der Waals surface area contributed by atoms with Gasteiger partial charge in [-0.15, -0.1) is 0 Å². The zero-order chi connectivity index (χ0) is 18.7. The first-order valence-electron chi connectivity index (χ1n) is 8.17. The van der Waals surface area contributed by atoms with Crippen LogP contribution in [0.25, 0.3) is 10.9 Å². The van der Waals surface area contributed by atoms with Crippen LogP contribution in [-0.4, -0.2) is 29.8 Å². The maximum absolute atomic E-state index is 12.3. The van der Waals surface area contributed by atoms with Crippen molar-refractivity contribution in [1.82, 2.24) is 9.78 Å². The minimum atomic E-state index is -0.150. The van der Waals surface area contributed by atoms with Gasteiger partial charge in [0.05, 0.1) is 29.0 Å². The number of anilines is 2. The fourth-order valence-electron chi connectivity index (χ4n) is 2.72. The molecule has 0 atom stereocenters. The molecule has 7 heteroatoms. The lowest BCUT2D eigenvalue weighted by molar-refractivity contribution is -0.116. The number of halogens is 1. The minimum Gasteiger partial charge on any atom is -0.376 e. The summed E-state index contributed by atoms with van der Waals surface area (Å²) in [7, 11) is 3.81. The average Bonchev–Trinajstić information content (AvgIpc) is 2.61. The van der Waals surface area contributed by atoms with E-state index in [0.717, 1.165) is 5.69 Å². The predicted octanol–water partition coefficient (Wildman–Crippen LogP) is 3.14. The third kappa shape index (κ3) is 3.86. The average molecular weight is 371 g/mol. The number of aromatic nitrogens is 2. The Kier molecular flexibility index (Phi) is 5.23. The highest BCUT2D eigenvalue weighted by Gasteiger charge is 2.09. The Balaban J connectivity index is 1.69. The van der Waals surface area contributed by atoms with Crippen LogP contribution in [0.1, 0.15) is 6.42 Å². The van der Waals surface area contributed by atoms with Crippen molar-refractivity contribution < 1.29 is 4.79 Å². The number of carbonyl (C=O) groups excluding carboxylic acids is 1. The zero-order valence-electron chi connectivity index (χ0n) is 14.6. The maximum atomic E-state index is 12.3. The van der Waals surface area contributed by atoms with Crippen molar-refractivity contribution >= 4 is 39.8 Å². The van der Waals surface area contributed by atoms with Crippen LogP contribution in [0.4, 0.5) is 11.4 Å². The lowest BCUT2D eigenvalue weighted by Gasteiger charge is -2.15. The third-order valence-electron chi connectivity index (χ3n) is 4.03. The molecule has 0 bridgehead atoms. The molecule has 134 valence electrons. The lowest BCUT2D eigenvalue weighted by Crippen LogP contribution is -2.18. The number of hydrogen-bond donors (Lipinski definition) is 1. The van der Waals surface area contributed by atoms with E-state index in [0.29, 0.717) is 28.2 Å². The highest BCUT2D eigenvalue weighted by atomic mass is 35.5. The van der Waals surface area contributed by atoms with Crippen LogP contribution >= 0.6 is 11.6 Å². The van der Waals surface area contributed by atoms with E-state index in [4.69, 9.17) is 11.6 Å². The number of para-hydroxylation sites is 1. The van der Waals surface area contributed by atoms with Crippen LogP contribution < -0.4 is 15.6 Å². The second kappa shape index (κ2) is 7.58. The van der Waals surface area contributed by atoms with E-state index in [1.54, 1.807) is 16.8 Å². The van der Waals surface area contributed by atoms with Gasteiger partial charge in [0.15, 0.2) is 0 Å². The Morgan fingerprint density at radius 2 is 2.00 bits per heavy atom. The molecular formula is C19H19ClN4O2. The van der Waals surface area contributed by atoms with Crippen molar-refractivity contribution in [3.8, 4) is 0 Å². The van der Waals surface area contributed by atoms with Crippen molar-refractivity contribution in [2.45, 2.75) is 13.0 Å². The smallest absolute Gasteiger partial charge is 0.226 e. The molecule has 1 aromatic heterocycles. The van der Waals surface area contributed by atoms with Gasteiger partial charge in [-0.2, -0.15) is 5.10 Å². The number of rotatable bonds is 5. The minimum absolute atomic E-state index is 0.128. The zero-order valence-corrected chi connectivity index (χ0v) is 15.3. The number of benzene rings is 2. The molecule has 0 saturated carbocycles. The summed E-state index contributed by atoms with van der Waals surface area (Å²) in [5.41, 5.74) is 2.11. The highest BCUT2D eigenvalue weighted by molar-refractivity contribution is 6.33. The lowest BCUT2D eigenvalue weighted by atomic mass is 10.2. The predicted molar refractivity (Wildman–Crippen MR) is 105 cm³/mol. The summed E-state index contributed by atoms with van der Waals surface area (Å²) in [4.78, 5) is 26.0. The number of carbonyl (C=O) groups is 1. The Labute approximate surface area is 156 Å². The molecule has 0 fully saturated rings. The van der Waals surface area contributed by atoms with Gasteiger partial charge in [0.1, 0.15) is 0 Å². The van der Waals surface area contributed by atoms with E-state index in [1.807, 2.05) is 49.3 Å². The second-order valence-corrected chi connectivity index (χ2v) is 6.52. The van der Waals surface area contributed by atoms with Crippen molar-refractivity contribution in [3.63, 3.8) is 0 Å². The van der Waals surface area contributed by atoms with Crippen LogP contribution in [0.5, 0.6) is 0 Å². The van der Waals surface area contributed by atoms with Gasteiger partial charge >= 0.3 is 0 Å². The van der Waals surface area contributed by atoms with Gasteiger partial charge < -0.3 is 10.2 Å². The molecule has 3 aromatic rings. The molecule has 26 heavy (non-hydrogen) atoms. The molecule has 2 aromatic carbocycles. The maximum Gasteiger partial charge on any atom is 0.226 e. The molecule has 0 radical (unpaired) electrons. The van der Waals surface area contributed by atoms with Crippen molar-refractivity contribution in [3.05, 3.63) is 63.9 Å². The second-order valence-electron chi connectivity index (χ2n) is 6.11. The van der Waals surface area contributed by atoms with Gasteiger partial charge in [0, 0.05) is 31.6 Å². The first-order chi connectivity index (χ1) is 12.5. The molecular weight excluding hydrogens is 352 g/mol. The van der Waals surface area contributed by atoms with Gasteiger partial charge in [-0.3, -0.25) is 14.3 Å². The molecule has 0 saturated heterocycles. The molecule has 0 aliphatic heterocycles. The van der Waals surface area contributed by atoms with E-state index < -0.39 is 0 Å². The molecule has 3 rings (SSSR count). The first kappa shape index (κ1) is 17.9. The third-order valence-corrected chi connectivity index (χ3v) is 4.33. The quantitative estimate of drug-likeness (QED) is 0.749. The Morgan fingerprint density at radius 3 is 2.73 bits per heavy atom. The van der Waals surface area contributed by atoms with Crippen molar-refractivity contribution in [2.75, 3.05) is 24.3 Å². The number of nitrogens with one attached hydrogen (secondary N) is 1. The molecule has 1 heterocycles. The number of nitrogens with zero attached hydrogens (tertiary/aromatic N) is 3. The summed E-state index contributed by atoms with van der Waals surface area (Å²) >= 11 is 6.22. The Morgan fingerprint density at radius 1 is 1.23 bits per heavy atom. The summed E-state index contributed by atoms with van der Waals surface area (Å²) in [6, 6.07) is 12.6. The Hall–Kier alpha value is -2.86. The highest BCUT2D eigenvalue weighted by Crippen LogP contribution is 2.27. The largest absolute Gasteiger partial charge is 0.376 e. The first-order valence-corrected chi connectivity index (χ1v) is 8.55.